The van der Waals surface area contributed by atoms with Crippen molar-refractivity contribution in [1.29, 1.82) is 0 Å². The van der Waals surface area contributed by atoms with Crippen LogP contribution in [0.2, 0.25) is 0 Å². The van der Waals surface area contributed by atoms with E-state index in [2.05, 4.69) is 21.3 Å². The molecular formula is C40H50ClN5O10S2. The number of aliphatic carboxylic acids is 2. The lowest BCUT2D eigenvalue weighted by Crippen LogP contribution is -2.66. The Labute approximate surface area is 349 Å². The smallest absolute Gasteiger partial charge is 0.353 e. The van der Waals surface area contributed by atoms with E-state index in [1.54, 1.807) is 37.3 Å². The molecule has 314 valence electrons. The Hall–Kier alpha value is -3.90. The van der Waals surface area contributed by atoms with Gasteiger partial charge in [-0.25, -0.2) is 9.59 Å². The van der Waals surface area contributed by atoms with Gasteiger partial charge in [-0.15, -0.1) is 23.5 Å². The molecule has 6 rings (SSSR count). The zero-order valence-electron chi connectivity index (χ0n) is 32.3. The summed E-state index contributed by atoms with van der Waals surface area (Å²) in [5, 5.41) is 41.0. The van der Waals surface area contributed by atoms with E-state index in [1.165, 1.54) is 28.4 Å². The zero-order valence-corrected chi connectivity index (χ0v) is 34.7. The maximum absolute atomic E-state index is 13.5. The number of nitrogens with one attached hydrogen (secondary N) is 4. The summed E-state index contributed by atoms with van der Waals surface area (Å²) >= 11 is 8.83. The maximum Gasteiger partial charge on any atom is 0.353 e. The third-order valence-corrected chi connectivity index (χ3v) is 15.0. The molecule has 10 atom stereocenters. The third kappa shape index (κ3) is 9.13. The quantitative estimate of drug-likeness (QED) is 0.0785. The fraction of sp³-hybridized carbons (Fsp3) is 0.575. The molecular weight excluding hydrogens is 810 g/mol. The van der Waals surface area contributed by atoms with Crippen molar-refractivity contribution in [2.24, 2.45) is 17.8 Å². The Kier molecular flexibility index (Phi) is 14.3. The van der Waals surface area contributed by atoms with Gasteiger partial charge in [-0.2, -0.15) is 0 Å². The number of nitrogens with zero attached hydrogens (tertiary/aromatic N) is 1. The van der Waals surface area contributed by atoms with E-state index in [1.807, 2.05) is 6.92 Å². The van der Waals surface area contributed by atoms with Gasteiger partial charge in [0, 0.05) is 51.6 Å². The van der Waals surface area contributed by atoms with Crippen LogP contribution in [0.3, 0.4) is 0 Å². The largest absolute Gasteiger partial charge is 0.478 e. The first-order valence-corrected chi connectivity index (χ1v) is 22.1. The number of fused-ring (bicyclic) bond motifs is 2. The molecule has 7 unspecified atom stereocenters. The number of carbonyl (C=O) groups is 7. The van der Waals surface area contributed by atoms with Crippen LogP contribution in [0.5, 0.6) is 0 Å². The zero-order chi connectivity index (χ0) is 41.8. The first kappa shape index (κ1) is 43.7. The monoisotopic (exact) mass is 859 g/mol. The number of Topliss-reactive ketones (excluding diaryl/α,β-unsaturated/α-hetero) is 1. The number of halogens is 1. The summed E-state index contributed by atoms with van der Waals surface area (Å²) in [5.41, 5.74) is 0.428. The van der Waals surface area contributed by atoms with Crippen molar-refractivity contribution in [3.63, 3.8) is 0 Å². The average Bonchev–Trinajstić information content (AvgIpc) is 3.75. The molecule has 1 aromatic carbocycles. The summed E-state index contributed by atoms with van der Waals surface area (Å²) in [6.45, 7) is 4.47. The van der Waals surface area contributed by atoms with Gasteiger partial charge in [0.2, 0.25) is 23.6 Å². The second-order valence-electron chi connectivity index (χ2n) is 15.5. The first-order valence-electron chi connectivity index (χ1n) is 19.8. The van der Waals surface area contributed by atoms with Gasteiger partial charge in [-0.05, 0) is 31.7 Å². The van der Waals surface area contributed by atoms with Gasteiger partial charge in [0.1, 0.15) is 17.8 Å². The van der Waals surface area contributed by atoms with E-state index in [0.29, 0.717) is 36.4 Å². The van der Waals surface area contributed by atoms with Crippen molar-refractivity contribution in [2.45, 2.75) is 106 Å². The highest BCUT2D eigenvalue weighted by Crippen LogP contribution is 2.52. The van der Waals surface area contributed by atoms with Crippen LogP contribution in [0.4, 0.5) is 0 Å². The van der Waals surface area contributed by atoms with Crippen molar-refractivity contribution in [3.8, 4) is 0 Å². The number of aliphatic hydroxyl groups excluding tert-OH is 1. The van der Waals surface area contributed by atoms with Crippen LogP contribution in [0.25, 0.3) is 0 Å². The number of carboxylic acid groups (broad SMARTS) is 2. The molecule has 0 aromatic heterocycles. The molecule has 3 fully saturated rings. The van der Waals surface area contributed by atoms with E-state index in [4.69, 9.17) is 11.6 Å². The Morgan fingerprint density at radius 2 is 1.71 bits per heavy atom. The number of amides is 4. The molecule has 58 heavy (non-hydrogen) atoms. The highest BCUT2D eigenvalue weighted by atomic mass is 35.5. The molecule has 4 aliphatic heterocycles. The topological polar surface area (TPSA) is 232 Å². The summed E-state index contributed by atoms with van der Waals surface area (Å²) in [7, 11) is 0. The van der Waals surface area contributed by atoms with Crippen LogP contribution in [0.15, 0.2) is 51.5 Å². The van der Waals surface area contributed by atoms with Gasteiger partial charge in [-0.1, -0.05) is 74.5 Å². The Morgan fingerprint density at radius 1 is 1.02 bits per heavy atom. The Balaban J connectivity index is 0.861. The van der Waals surface area contributed by atoms with Gasteiger partial charge >= 0.3 is 11.9 Å². The molecule has 0 spiro atoms. The summed E-state index contributed by atoms with van der Waals surface area (Å²) < 4.78 is 0. The SMILES string of the molecule is C[C@H](O)C1C(=O)N2C(C(=O)O)=C(SC3CNC(C(=O)NCCCCCCCCC(=O)NC(C(=O)N[C@@H]4C(=O)C5C(C(=O)O)=C(Cl)CSC54)c4ccccc4)C3)[C@H](C)C12. The van der Waals surface area contributed by atoms with Gasteiger partial charge < -0.3 is 41.5 Å². The van der Waals surface area contributed by atoms with E-state index in [0.717, 1.165) is 32.1 Å². The summed E-state index contributed by atoms with van der Waals surface area (Å²) in [5.74, 6) is -5.65. The number of unbranched alkanes of at least 4 members (excludes halogenated alkanes) is 5. The number of β-lactam (4-membered cyclic amide) rings is 1. The third-order valence-electron chi connectivity index (χ3n) is 11.6. The van der Waals surface area contributed by atoms with Gasteiger partial charge in [0.15, 0.2) is 5.78 Å². The molecule has 0 radical (unpaired) electrons. The number of hydrogen-bond acceptors (Lipinski definition) is 11. The summed E-state index contributed by atoms with van der Waals surface area (Å²) in [4.78, 5) is 90.7. The second-order valence-corrected chi connectivity index (χ2v) is 18.5. The summed E-state index contributed by atoms with van der Waals surface area (Å²) in [6.07, 6.45) is 4.77. The number of carbonyl (C=O) groups excluding carboxylic acids is 5. The van der Waals surface area contributed by atoms with Crippen LogP contribution in [-0.2, 0) is 33.6 Å². The van der Waals surface area contributed by atoms with E-state index < -0.39 is 64.9 Å². The average molecular weight is 860 g/mol. The predicted molar refractivity (Wildman–Crippen MR) is 217 cm³/mol. The van der Waals surface area contributed by atoms with Crippen LogP contribution in [0.1, 0.15) is 76.8 Å². The van der Waals surface area contributed by atoms with Crippen LogP contribution >= 0.6 is 35.1 Å². The lowest BCUT2D eigenvalue weighted by Gasteiger charge is -2.46. The lowest BCUT2D eigenvalue weighted by atomic mass is 9.72. The molecule has 2 saturated heterocycles. The second kappa shape index (κ2) is 19.0. The molecule has 5 aliphatic rings. The number of rotatable bonds is 19. The van der Waals surface area contributed by atoms with Crippen LogP contribution in [0, 0.1) is 17.8 Å². The lowest BCUT2D eigenvalue weighted by molar-refractivity contribution is -0.163. The van der Waals surface area contributed by atoms with Gasteiger partial charge in [0.05, 0.1) is 35.6 Å². The fourth-order valence-electron chi connectivity index (χ4n) is 8.63. The standard InChI is InChI=1S/C40H50ClN5O10S2/c1-19-31-26(20(2)47)38(52)46(31)32(40(55)56)34(19)58-22-16-24(43-17-22)36(50)42-15-11-6-4-3-5-10-14-25(48)44-29(21-12-8-7-9-13-21)37(51)45-30-33(49)28-27(39(53)54)23(41)18-57-35(28)30/h7-9,12-13,19-20,22,24,26,28-31,35,43,47H,3-6,10-11,14-18H2,1-2H3,(H,42,50)(H,44,48)(H,45,51)(H,53,54)(H,55,56)/t19-,20+,22?,24?,26?,28?,29?,30-,31?,35?/m1/s1. The molecule has 1 aromatic rings. The van der Waals surface area contributed by atoms with Crippen molar-refractivity contribution in [3.05, 3.63) is 57.1 Å². The first-order chi connectivity index (χ1) is 27.7. The molecule has 15 nitrogen and oxygen atoms in total. The highest BCUT2D eigenvalue weighted by molar-refractivity contribution is 8.03. The summed E-state index contributed by atoms with van der Waals surface area (Å²) in [6, 6.07) is 6.02. The number of thioether (sulfide) groups is 2. The minimum Gasteiger partial charge on any atom is -0.478 e. The van der Waals surface area contributed by atoms with Gasteiger partial charge in [-0.3, -0.25) is 24.0 Å². The van der Waals surface area contributed by atoms with Gasteiger partial charge in [0.25, 0.3) is 0 Å². The Bertz CT molecular complexity index is 1880. The fourth-order valence-corrected chi connectivity index (χ4v) is 11.8. The van der Waals surface area contributed by atoms with Crippen molar-refractivity contribution >= 4 is 76.5 Å². The van der Waals surface area contributed by atoms with E-state index in [9.17, 15) is 48.9 Å². The maximum atomic E-state index is 13.5. The Morgan fingerprint density at radius 3 is 2.38 bits per heavy atom. The van der Waals surface area contributed by atoms with E-state index >= 15 is 0 Å². The minimum absolute atomic E-state index is 0.0110. The van der Waals surface area contributed by atoms with Crippen LogP contribution in [-0.4, -0.2) is 115 Å². The van der Waals surface area contributed by atoms with Crippen LogP contribution < -0.4 is 21.3 Å². The molecule has 18 heteroatoms. The van der Waals surface area contributed by atoms with Crippen molar-refractivity contribution in [1.82, 2.24) is 26.2 Å². The van der Waals surface area contributed by atoms with E-state index in [-0.39, 0.29) is 63.4 Å². The number of aliphatic hydroxyl groups is 1. The predicted octanol–water partition coefficient (Wildman–Crippen LogP) is 2.68. The number of ketones is 1. The van der Waals surface area contributed by atoms with Crippen molar-refractivity contribution in [2.75, 3.05) is 18.8 Å². The molecule has 0 bridgehead atoms. The molecule has 7 N–H and O–H groups in total. The molecule has 4 heterocycles. The number of carboxylic acids is 2. The van der Waals surface area contributed by atoms with Crippen molar-refractivity contribution < 1.29 is 48.9 Å². The molecule has 1 aliphatic carbocycles. The molecule has 1 saturated carbocycles. The number of hydrogen-bond donors (Lipinski definition) is 7. The molecule has 4 amide bonds. The number of benzene rings is 1. The normalized spacial score (nSPS) is 28.5. The minimum atomic E-state index is -1.24. The highest BCUT2D eigenvalue weighted by Gasteiger charge is 2.60.